The van der Waals surface area contributed by atoms with Crippen LogP contribution in [0.1, 0.15) is 0 Å². The number of methoxy groups -OCH3 is 1. The van der Waals surface area contributed by atoms with E-state index in [4.69, 9.17) is 10.2 Å². The van der Waals surface area contributed by atoms with Crippen molar-refractivity contribution in [2.24, 2.45) is 0 Å². The molecular weight excluding hydrogens is 314 g/mol. The van der Waals surface area contributed by atoms with Crippen LogP contribution in [0.15, 0.2) is 23.4 Å². The highest BCUT2D eigenvalue weighted by atomic mass is 19.1. The molecule has 0 unspecified atom stereocenters. The average molecular weight is 328 g/mol. The maximum absolute atomic E-state index is 13.8. The number of hydrogen-bond donors (Lipinski definition) is 3. The highest BCUT2D eigenvalue weighted by Gasteiger charge is 2.35. The Kier molecular flexibility index (Phi) is 4.80. The predicted molar refractivity (Wildman–Crippen MR) is 74.4 cm³/mol. The van der Waals surface area contributed by atoms with Gasteiger partial charge in [0.1, 0.15) is 17.1 Å². The highest BCUT2D eigenvalue weighted by molar-refractivity contribution is 6.08. The van der Waals surface area contributed by atoms with Gasteiger partial charge in [0.15, 0.2) is 11.6 Å². The number of aromatic hydroxyl groups is 1. The quantitative estimate of drug-likeness (QED) is 0.533. The summed E-state index contributed by atoms with van der Waals surface area (Å²) in [6.07, 6.45) is 0. The summed E-state index contributed by atoms with van der Waals surface area (Å²) in [4.78, 5) is 25.1. The zero-order chi connectivity index (χ0) is 17.1. The lowest BCUT2D eigenvalue weighted by Crippen LogP contribution is -2.31. The molecule has 0 aromatic heterocycles. The van der Waals surface area contributed by atoms with Crippen molar-refractivity contribution in [3.05, 3.63) is 35.0 Å². The molecular formula is C14H14F2N2O5. The topological polar surface area (TPSA) is 99.1 Å². The van der Waals surface area contributed by atoms with E-state index in [-0.39, 0.29) is 31.0 Å². The summed E-state index contributed by atoms with van der Waals surface area (Å²) >= 11 is 0. The molecule has 1 aliphatic heterocycles. The number of phenols is 1. The lowest BCUT2D eigenvalue weighted by molar-refractivity contribution is -0.136. The van der Waals surface area contributed by atoms with Gasteiger partial charge in [-0.25, -0.2) is 13.6 Å². The summed E-state index contributed by atoms with van der Waals surface area (Å²) in [5.41, 5.74) is -1.13. The van der Waals surface area contributed by atoms with Crippen LogP contribution in [-0.4, -0.2) is 53.8 Å². The Labute approximate surface area is 129 Å². The zero-order valence-electron chi connectivity index (χ0n) is 12.1. The minimum Gasteiger partial charge on any atom is -0.508 e. The molecule has 0 radical (unpaired) electrons. The molecule has 1 heterocycles. The summed E-state index contributed by atoms with van der Waals surface area (Å²) in [5, 5.41) is 20.3. The van der Waals surface area contributed by atoms with Crippen molar-refractivity contribution in [1.82, 2.24) is 4.90 Å². The van der Waals surface area contributed by atoms with Crippen LogP contribution in [0.2, 0.25) is 0 Å². The molecule has 0 bridgehead atoms. The van der Waals surface area contributed by atoms with E-state index in [9.17, 15) is 18.4 Å². The van der Waals surface area contributed by atoms with Crippen LogP contribution in [0.4, 0.5) is 14.5 Å². The molecule has 0 fully saturated rings. The SMILES string of the molecule is COC(=O)C1=C(Nc2c(F)cc(O)cc2F)C(=O)N(CCO)C1. The molecule has 0 saturated carbocycles. The molecule has 1 aromatic rings. The van der Waals surface area contributed by atoms with Crippen LogP contribution < -0.4 is 5.32 Å². The van der Waals surface area contributed by atoms with E-state index in [1.54, 1.807) is 0 Å². The molecule has 2 rings (SSSR count). The van der Waals surface area contributed by atoms with Crippen LogP contribution in [0.3, 0.4) is 0 Å². The largest absolute Gasteiger partial charge is 0.508 e. The van der Waals surface area contributed by atoms with E-state index in [2.05, 4.69) is 10.1 Å². The molecule has 1 aliphatic rings. The number of aliphatic hydroxyl groups is 1. The van der Waals surface area contributed by atoms with E-state index >= 15 is 0 Å². The molecule has 7 nitrogen and oxygen atoms in total. The molecule has 1 amide bonds. The third-order valence-electron chi connectivity index (χ3n) is 3.23. The number of ether oxygens (including phenoxy) is 1. The van der Waals surface area contributed by atoms with Crippen molar-refractivity contribution >= 4 is 17.6 Å². The van der Waals surface area contributed by atoms with Crippen LogP contribution in [-0.2, 0) is 14.3 Å². The second kappa shape index (κ2) is 6.61. The van der Waals surface area contributed by atoms with Gasteiger partial charge in [-0.3, -0.25) is 4.79 Å². The van der Waals surface area contributed by atoms with E-state index in [0.717, 1.165) is 12.0 Å². The number of amides is 1. The Morgan fingerprint density at radius 2 is 2.00 bits per heavy atom. The van der Waals surface area contributed by atoms with E-state index < -0.39 is 34.9 Å². The molecule has 0 atom stereocenters. The van der Waals surface area contributed by atoms with Gasteiger partial charge < -0.3 is 25.2 Å². The molecule has 0 saturated heterocycles. The number of nitrogens with one attached hydrogen (secondary N) is 1. The number of anilines is 1. The maximum Gasteiger partial charge on any atom is 0.337 e. The molecule has 124 valence electrons. The summed E-state index contributed by atoms with van der Waals surface area (Å²) < 4.78 is 32.1. The number of aliphatic hydroxyl groups excluding tert-OH is 1. The second-order valence-electron chi connectivity index (χ2n) is 4.70. The van der Waals surface area contributed by atoms with Crippen LogP contribution in [0, 0.1) is 11.6 Å². The number of carbonyl (C=O) groups is 2. The maximum atomic E-state index is 13.8. The highest BCUT2D eigenvalue weighted by Crippen LogP contribution is 2.28. The Bertz CT molecular complexity index is 667. The first-order valence-electron chi connectivity index (χ1n) is 6.55. The van der Waals surface area contributed by atoms with Gasteiger partial charge in [-0.05, 0) is 0 Å². The lowest BCUT2D eigenvalue weighted by Gasteiger charge is -2.15. The normalized spacial score (nSPS) is 14.4. The summed E-state index contributed by atoms with van der Waals surface area (Å²) in [5.74, 6) is -4.42. The second-order valence-corrected chi connectivity index (χ2v) is 4.70. The molecule has 0 aliphatic carbocycles. The van der Waals surface area contributed by atoms with Crippen molar-refractivity contribution in [2.45, 2.75) is 0 Å². The van der Waals surface area contributed by atoms with Gasteiger partial charge in [0.2, 0.25) is 0 Å². The Hall–Kier alpha value is -2.68. The average Bonchev–Trinajstić information content (AvgIpc) is 2.79. The van der Waals surface area contributed by atoms with Crippen molar-refractivity contribution in [1.29, 1.82) is 0 Å². The van der Waals surface area contributed by atoms with Crippen molar-refractivity contribution < 1.29 is 33.3 Å². The minimum atomic E-state index is -1.13. The van der Waals surface area contributed by atoms with Crippen molar-refractivity contribution in [3.63, 3.8) is 0 Å². The molecule has 23 heavy (non-hydrogen) atoms. The standard InChI is InChI=1S/C14H14F2N2O5/c1-23-14(22)8-6-18(2-3-19)13(21)11(8)17-12-9(15)4-7(20)5-10(12)16/h4-5,17,19-20H,2-3,6H2,1H3. The first-order chi connectivity index (χ1) is 10.9. The molecule has 9 heteroatoms. The van der Waals surface area contributed by atoms with Gasteiger partial charge in [-0.15, -0.1) is 0 Å². The third-order valence-corrected chi connectivity index (χ3v) is 3.23. The van der Waals surface area contributed by atoms with Gasteiger partial charge in [-0.1, -0.05) is 0 Å². The Morgan fingerprint density at radius 3 is 2.52 bits per heavy atom. The fourth-order valence-electron chi connectivity index (χ4n) is 2.15. The predicted octanol–water partition coefficient (Wildman–Crippen LogP) is 0.344. The van der Waals surface area contributed by atoms with Gasteiger partial charge in [0, 0.05) is 18.7 Å². The van der Waals surface area contributed by atoms with Gasteiger partial charge in [0.05, 0.1) is 25.8 Å². The number of phenolic OH excluding ortho intramolecular Hbond substituents is 1. The molecule has 0 spiro atoms. The summed E-state index contributed by atoms with van der Waals surface area (Å²) in [6.45, 7) is -0.545. The van der Waals surface area contributed by atoms with Gasteiger partial charge in [0.25, 0.3) is 5.91 Å². The summed E-state index contributed by atoms with van der Waals surface area (Å²) in [6, 6.07) is 1.32. The van der Waals surface area contributed by atoms with E-state index in [1.165, 1.54) is 0 Å². The number of rotatable bonds is 5. The monoisotopic (exact) mass is 328 g/mol. The van der Waals surface area contributed by atoms with Crippen LogP contribution in [0.25, 0.3) is 0 Å². The van der Waals surface area contributed by atoms with Crippen LogP contribution >= 0.6 is 0 Å². The number of nitrogens with zero attached hydrogens (tertiary/aromatic N) is 1. The number of halogens is 2. The van der Waals surface area contributed by atoms with E-state index in [1.807, 2.05) is 0 Å². The smallest absolute Gasteiger partial charge is 0.337 e. The number of carbonyl (C=O) groups excluding carboxylic acids is 2. The first-order valence-corrected chi connectivity index (χ1v) is 6.55. The van der Waals surface area contributed by atoms with Crippen molar-refractivity contribution in [3.8, 4) is 5.75 Å². The number of β-amino-alcohol motifs (C(OH)–C–C–N with tert-alkyl or cyclic N) is 1. The first kappa shape index (κ1) is 16.7. The molecule has 1 aromatic carbocycles. The van der Waals surface area contributed by atoms with Gasteiger partial charge in [-0.2, -0.15) is 0 Å². The third kappa shape index (κ3) is 3.24. The van der Waals surface area contributed by atoms with Crippen molar-refractivity contribution in [2.75, 3.05) is 32.1 Å². The van der Waals surface area contributed by atoms with E-state index in [0.29, 0.717) is 12.1 Å². The molecule has 3 N–H and O–H groups in total. The number of esters is 1. The number of hydrogen-bond acceptors (Lipinski definition) is 6. The number of benzene rings is 1. The fourth-order valence-corrected chi connectivity index (χ4v) is 2.15. The summed E-state index contributed by atoms with van der Waals surface area (Å²) in [7, 11) is 1.11. The Morgan fingerprint density at radius 1 is 1.39 bits per heavy atom. The zero-order valence-corrected chi connectivity index (χ0v) is 12.1. The fraction of sp³-hybridized carbons (Fsp3) is 0.286. The minimum absolute atomic E-state index is 0.0505. The lowest BCUT2D eigenvalue weighted by atomic mass is 10.2. The Balaban J connectivity index is 2.41. The van der Waals surface area contributed by atoms with Gasteiger partial charge >= 0.3 is 5.97 Å². The van der Waals surface area contributed by atoms with Crippen LogP contribution in [0.5, 0.6) is 5.75 Å².